The van der Waals surface area contributed by atoms with E-state index in [1.165, 1.54) is 10.9 Å². The highest BCUT2D eigenvalue weighted by molar-refractivity contribution is 5.84. The maximum absolute atomic E-state index is 11.2. The molecule has 14 nitrogen and oxygen atoms in total. The first kappa shape index (κ1) is 27.2. The van der Waals surface area contributed by atoms with Crippen LogP contribution in [0, 0.1) is 0 Å². The van der Waals surface area contributed by atoms with Crippen LogP contribution in [0.4, 0.5) is 11.8 Å². The summed E-state index contributed by atoms with van der Waals surface area (Å²) in [6.07, 6.45) is -5.49. The topological polar surface area (TPSA) is 212 Å². The summed E-state index contributed by atoms with van der Waals surface area (Å²) >= 11 is 0. The van der Waals surface area contributed by atoms with Gasteiger partial charge in [-0.1, -0.05) is 24.3 Å². The lowest BCUT2D eigenvalue weighted by Gasteiger charge is -2.18. The van der Waals surface area contributed by atoms with E-state index in [1.807, 2.05) is 31.2 Å². The molecular formula is C24H30N6O8. The van der Waals surface area contributed by atoms with Gasteiger partial charge in [0.2, 0.25) is 5.95 Å². The molecule has 0 amide bonds. The average molecular weight is 531 g/mol. The average Bonchev–Trinajstić information content (AvgIpc) is 3.44. The Morgan fingerprint density at radius 1 is 1.05 bits per heavy atom. The Labute approximate surface area is 216 Å². The van der Waals surface area contributed by atoms with Gasteiger partial charge >= 0.3 is 11.9 Å². The molecule has 38 heavy (non-hydrogen) atoms. The predicted molar refractivity (Wildman–Crippen MR) is 134 cm³/mol. The van der Waals surface area contributed by atoms with Gasteiger partial charge in [-0.2, -0.15) is 9.97 Å². The molecule has 0 aliphatic carbocycles. The number of aryl methyl sites for hydroxylation is 1. The van der Waals surface area contributed by atoms with Crippen LogP contribution in [0.1, 0.15) is 30.7 Å². The van der Waals surface area contributed by atoms with Crippen LogP contribution in [0.2, 0.25) is 0 Å². The minimum atomic E-state index is -2.03. The predicted octanol–water partition coefficient (Wildman–Crippen LogP) is -0.00540. The summed E-state index contributed by atoms with van der Waals surface area (Å²) in [5.41, 5.74) is 2.62. The molecule has 7 N–H and O–H groups in total. The normalized spacial score (nSPS) is 21.9. The minimum Gasteiger partial charge on any atom is -0.481 e. The van der Waals surface area contributed by atoms with E-state index >= 15 is 0 Å². The lowest BCUT2D eigenvalue weighted by molar-refractivity contribution is -0.160. The van der Waals surface area contributed by atoms with Crippen molar-refractivity contribution in [2.45, 2.75) is 56.8 Å². The zero-order valence-corrected chi connectivity index (χ0v) is 20.6. The van der Waals surface area contributed by atoms with Crippen molar-refractivity contribution in [3.8, 4) is 0 Å². The number of aliphatic carboxylic acids is 2. The van der Waals surface area contributed by atoms with Gasteiger partial charge in [0.15, 0.2) is 29.3 Å². The zero-order valence-electron chi connectivity index (χ0n) is 20.6. The molecule has 204 valence electrons. The Bertz CT molecular complexity index is 1280. The van der Waals surface area contributed by atoms with E-state index in [4.69, 9.17) is 14.9 Å². The molecular weight excluding hydrogens is 500 g/mol. The number of aliphatic hydroxyl groups is 3. The zero-order chi connectivity index (χ0) is 27.4. The van der Waals surface area contributed by atoms with Crippen LogP contribution < -0.4 is 10.6 Å². The van der Waals surface area contributed by atoms with Crippen molar-refractivity contribution in [2.24, 2.45) is 0 Å². The monoisotopic (exact) mass is 530 g/mol. The van der Waals surface area contributed by atoms with Crippen LogP contribution in [0.5, 0.6) is 0 Å². The van der Waals surface area contributed by atoms with Gasteiger partial charge in [0.25, 0.3) is 0 Å². The molecule has 2 aromatic heterocycles. The van der Waals surface area contributed by atoms with Crippen molar-refractivity contribution in [3.05, 3.63) is 41.7 Å². The van der Waals surface area contributed by atoms with Crippen LogP contribution in [-0.2, 0) is 27.2 Å². The molecule has 3 heterocycles. The van der Waals surface area contributed by atoms with Gasteiger partial charge in [0, 0.05) is 19.5 Å². The van der Waals surface area contributed by atoms with Crippen molar-refractivity contribution in [2.75, 3.05) is 23.7 Å². The molecule has 1 aliphatic heterocycles. The summed E-state index contributed by atoms with van der Waals surface area (Å²) in [6, 6.07) is 7.68. The first-order valence-corrected chi connectivity index (χ1v) is 12.1. The second-order valence-electron chi connectivity index (χ2n) is 8.89. The van der Waals surface area contributed by atoms with E-state index in [-0.39, 0.29) is 18.0 Å². The molecule has 1 saturated heterocycles. The molecule has 0 spiro atoms. The van der Waals surface area contributed by atoms with Gasteiger partial charge in [-0.15, -0.1) is 0 Å². The highest BCUT2D eigenvalue weighted by atomic mass is 16.6. The van der Waals surface area contributed by atoms with E-state index in [1.54, 1.807) is 0 Å². The SMILES string of the molecule is CCNc1nc(NCCc2ccc(CCC(=O)O)cc2)nc2c1ncn2[C@@H]1O[C@H](C(O)C(=O)O)[C@@H](O)[C@H]1O. The number of nitrogens with zero attached hydrogens (tertiary/aromatic N) is 4. The second kappa shape index (κ2) is 11.7. The molecule has 4 rings (SSSR count). The van der Waals surface area contributed by atoms with E-state index in [0.29, 0.717) is 37.3 Å². The highest BCUT2D eigenvalue weighted by Gasteiger charge is 2.49. The first-order valence-electron chi connectivity index (χ1n) is 12.1. The Balaban J connectivity index is 1.51. The number of nitrogens with one attached hydrogen (secondary N) is 2. The lowest BCUT2D eigenvalue weighted by Crippen LogP contribution is -2.42. The number of carboxylic acid groups (broad SMARTS) is 2. The number of hydrogen-bond acceptors (Lipinski definition) is 11. The Morgan fingerprint density at radius 2 is 1.74 bits per heavy atom. The number of imidazole rings is 1. The Kier molecular flexibility index (Phi) is 8.36. The third-order valence-corrected chi connectivity index (χ3v) is 6.23. The number of carboxylic acids is 2. The molecule has 1 aliphatic rings. The number of carbonyl (C=O) groups is 2. The third kappa shape index (κ3) is 5.83. The Morgan fingerprint density at radius 3 is 2.37 bits per heavy atom. The first-order chi connectivity index (χ1) is 18.2. The number of rotatable bonds is 12. The largest absolute Gasteiger partial charge is 0.481 e. The van der Waals surface area contributed by atoms with Crippen molar-refractivity contribution in [3.63, 3.8) is 0 Å². The molecule has 1 fully saturated rings. The van der Waals surface area contributed by atoms with E-state index in [2.05, 4.69) is 25.6 Å². The fourth-order valence-electron chi connectivity index (χ4n) is 4.23. The summed E-state index contributed by atoms with van der Waals surface area (Å²) in [5, 5.41) is 54.9. The summed E-state index contributed by atoms with van der Waals surface area (Å²) in [7, 11) is 0. The number of aliphatic hydroxyl groups excluding tert-OH is 3. The van der Waals surface area contributed by atoms with Crippen LogP contribution >= 0.6 is 0 Å². The molecule has 0 saturated carbocycles. The summed E-state index contributed by atoms with van der Waals surface area (Å²) in [6.45, 7) is 2.91. The van der Waals surface area contributed by atoms with Crippen LogP contribution in [0.3, 0.4) is 0 Å². The number of hydrogen-bond donors (Lipinski definition) is 7. The van der Waals surface area contributed by atoms with Gasteiger partial charge < -0.3 is 40.9 Å². The standard InChI is InChI=1S/C24H30N6O8/c1-2-25-20-15-21(30(11-27-15)22-17(34)16(33)19(38-22)18(35)23(36)37)29-24(28-20)26-10-9-13-5-3-12(4-6-13)7-8-14(31)32/h3-6,11,16-19,22,33-35H,2,7-10H2,1H3,(H,31,32)(H,36,37)(H2,25,26,28,29)/t16-,17+,18?,19-,22+/m0/s1. The highest BCUT2D eigenvalue weighted by Crippen LogP contribution is 2.34. The molecule has 0 radical (unpaired) electrons. The van der Waals surface area contributed by atoms with Crippen molar-refractivity contribution < 1.29 is 39.9 Å². The maximum atomic E-state index is 11.2. The number of anilines is 2. The third-order valence-electron chi connectivity index (χ3n) is 6.23. The number of aromatic nitrogens is 4. The quantitative estimate of drug-likeness (QED) is 0.164. The smallest absolute Gasteiger partial charge is 0.335 e. The van der Waals surface area contributed by atoms with E-state index in [0.717, 1.165) is 11.1 Å². The second-order valence-corrected chi connectivity index (χ2v) is 8.89. The van der Waals surface area contributed by atoms with Crippen molar-refractivity contribution in [1.29, 1.82) is 0 Å². The minimum absolute atomic E-state index is 0.0775. The number of benzene rings is 1. The van der Waals surface area contributed by atoms with Gasteiger partial charge in [-0.05, 0) is 30.9 Å². The molecule has 3 aromatic rings. The summed E-state index contributed by atoms with van der Waals surface area (Å²) in [5.74, 6) is -1.73. The molecule has 1 unspecified atom stereocenters. The fourth-order valence-corrected chi connectivity index (χ4v) is 4.23. The van der Waals surface area contributed by atoms with Crippen LogP contribution in [-0.4, -0.2) is 94.5 Å². The number of fused-ring (bicyclic) bond motifs is 1. The molecule has 1 aromatic carbocycles. The van der Waals surface area contributed by atoms with Crippen molar-refractivity contribution >= 4 is 34.9 Å². The van der Waals surface area contributed by atoms with Gasteiger partial charge in [0.05, 0.1) is 6.33 Å². The maximum Gasteiger partial charge on any atom is 0.335 e. The Hall–Kier alpha value is -3.85. The lowest BCUT2D eigenvalue weighted by atomic mass is 10.1. The van der Waals surface area contributed by atoms with Crippen LogP contribution in [0.25, 0.3) is 11.2 Å². The van der Waals surface area contributed by atoms with E-state index in [9.17, 15) is 24.9 Å². The van der Waals surface area contributed by atoms with Gasteiger partial charge in [-0.25, -0.2) is 9.78 Å². The number of ether oxygens (including phenoxy) is 1. The fraction of sp³-hybridized carbons (Fsp3) is 0.458. The summed E-state index contributed by atoms with van der Waals surface area (Å²) in [4.78, 5) is 35.2. The van der Waals surface area contributed by atoms with Gasteiger partial charge in [0.1, 0.15) is 18.3 Å². The molecule has 5 atom stereocenters. The van der Waals surface area contributed by atoms with E-state index < -0.39 is 42.6 Å². The van der Waals surface area contributed by atoms with Crippen molar-refractivity contribution in [1.82, 2.24) is 19.5 Å². The van der Waals surface area contributed by atoms with Crippen LogP contribution in [0.15, 0.2) is 30.6 Å². The molecule has 0 bridgehead atoms. The van der Waals surface area contributed by atoms with Gasteiger partial charge in [-0.3, -0.25) is 9.36 Å². The molecule has 14 heteroatoms. The summed E-state index contributed by atoms with van der Waals surface area (Å²) < 4.78 is 6.90.